The van der Waals surface area contributed by atoms with Gasteiger partial charge in [0, 0.05) is 24.8 Å². The fourth-order valence-corrected chi connectivity index (χ4v) is 4.08. The van der Waals surface area contributed by atoms with Crippen molar-refractivity contribution in [3.8, 4) is 0 Å². The second kappa shape index (κ2) is 7.09. The van der Waals surface area contributed by atoms with Crippen LogP contribution in [-0.2, 0) is 11.2 Å². The van der Waals surface area contributed by atoms with Gasteiger partial charge in [-0.2, -0.15) is 0 Å². The molecule has 2 aromatic heterocycles. The van der Waals surface area contributed by atoms with E-state index in [0.29, 0.717) is 12.6 Å². The van der Waals surface area contributed by atoms with E-state index in [1.807, 2.05) is 4.90 Å². The van der Waals surface area contributed by atoms with Crippen molar-refractivity contribution in [3.05, 3.63) is 30.7 Å². The number of anilines is 1. The summed E-state index contributed by atoms with van der Waals surface area (Å²) in [4.78, 5) is 26.4. The zero-order valence-electron chi connectivity index (χ0n) is 15.4. The van der Waals surface area contributed by atoms with Gasteiger partial charge in [0.25, 0.3) is 0 Å². The van der Waals surface area contributed by atoms with E-state index in [4.69, 9.17) is 0 Å². The van der Waals surface area contributed by atoms with E-state index in [1.165, 1.54) is 24.5 Å². The molecule has 2 aliphatic rings. The van der Waals surface area contributed by atoms with E-state index < -0.39 is 0 Å². The second-order valence-corrected chi connectivity index (χ2v) is 7.58. The van der Waals surface area contributed by atoms with E-state index in [9.17, 15) is 4.79 Å². The van der Waals surface area contributed by atoms with Gasteiger partial charge in [0.15, 0.2) is 0 Å². The van der Waals surface area contributed by atoms with Crippen LogP contribution in [0.5, 0.6) is 0 Å². The van der Waals surface area contributed by atoms with Gasteiger partial charge in [-0.1, -0.05) is 13.5 Å². The van der Waals surface area contributed by atoms with Crippen LogP contribution in [0.3, 0.4) is 0 Å². The summed E-state index contributed by atoms with van der Waals surface area (Å²) >= 11 is 0. The summed E-state index contributed by atoms with van der Waals surface area (Å²) in [5.41, 5.74) is 2.19. The van der Waals surface area contributed by atoms with Crippen LogP contribution in [0.1, 0.15) is 44.6 Å². The molecule has 2 fully saturated rings. The van der Waals surface area contributed by atoms with E-state index >= 15 is 0 Å². The first kappa shape index (κ1) is 17.1. The standard InChI is InChI=1S/C20H27N5O/c1-3-16-8-7-15(11-25(16)17(26)4-2)24-20-18-14(9-13-5-6-13)10-21-19(18)22-12-23-20/h4,10,12-13,15-16H,2-3,5-9,11H2,1H3,(H2,21,22,23,24). The molecule has 6 heteroatoms. The number of rotatable bonds is 6. The highest BCUT2D eigenvalue weighted by atomic mass is 16.2. The first-order chi connectivity index (χ1) is 12.7. The third-order valence-electron chi connectivity index (χ3n) is 5.73. The molecule has 2 aromatic rings. The highest BCUT2D eigenvalue weighted by Crippen LogP contribution is 2.36. The molecule has 1 saturated carbocycles. The van der Waals surface area contributed by atoms with Gasteiger partial charge >= 0.3 is 0 Å². The fraction of sp³-hybridized carbons (Fsp3) is 0.550. The maximum Gasteiger partial charge on any atom is 0.246 e. The summed E-state index contributed by atoms with van der Waals surface area (Å²) in [6.45, 7) is 6.49. The minimum absolute atomic E-state index is 0.0206. The number of piperidine rings is 1. The predicted octanol–water partition coefficient (Wildman–Crippen LogP) is 3.28. The van der Waals surface area contributed by atoms with E-state index in [0.717, 1.165) is 48.5 Å². The number of fused-ring (bicyclic) bond motifs is 1. The quantitative estimate of drug-likeness (QED) is 0.782. The average Bonchev–Trinajstić information content (AvgIpc) is 3.39. The number of hydrogen-bond donors (Lipinski definition) is 2. The summed E-state index contributed by atoms with van der Waals surface area (Å²) in [7, 11) is 0. The predicted molar refractivity (Wildman–Crippen MR) is 103 cm³/mol. The number of aromatic amines is 1. The highest BCUT2D eigenvalue weighted by molar-refractivity contribution is 5.90. The Kier molecular flexibility index (Phi) is 4.66. The Hall–Kier alpha value is -2.37. The monoisotopic (exact) mass is 353 g/mol. The maximum atomic E-state index is 12.2. The van der Waals surface area contributed by atoms with Crippen molar-refractivity contribution in [1.82, 2.24) is 19.9 Å². The number of carbonyl (C=O) groups is 1. The normalized spacial score (nSPS) is 23.2. The topological polar surface area (TPSA) is 73.9 Å². The summed E-state index contributed by atoms with van der Waals surface area (Å²) in [6, 6.07) is 0.505. The summed E-state index contributed by atoms with van der Waals surface area (Å²) < 4.78 is 0. The molecule has 3 heterocycles. The van der Waals surface area contributed by atoms with Gasteiger partial charge in [-0.25, -0.2) is 9.97 Å². The van der Waals surface area contributed by atoms with E-state index in [-0.39, 0.29) is 11.9 Å². The summed E-state index contributed by atoms with van der Waals surface area (Å²) in [6.07, 6.45) is 11.9. The molecule has 26 heavy (non-hydrogen) atoms. The molecule has 1 aliphatic heterocycles. The molecule has 0 bridgehead atoms. The third kappa shape index (κ3) is 3.32. The molecule has 1 amide bonds. The van der Waals surface area contributed by atoms with E-state index in [2.05, 4.69) is 40.0 Å². The molecule has 2 atom stereocenters. The van der Waals surface area contributed by atoms with Crippen molar-refractivity contribution in [2.75, 3.05) is 11.9 Å². The van der Waals surface area contributed by atoms with Crippen LogP contribution < -0.4 is 5.32 Å². The first-order valence-corrected chi connectivity index (χ1v) is 9.70. The lowest BCUT2D eigenvalue weighted by Crippen LogP contribution is -2.50. The van der Waals surface area contributed by atoms with Crippen LogP contribution in [0.4, 0.5) is 5.82 Å². The van der Waals surface area contributed by atoms with Crippen LogP contribution in [0.25, 0.3) is 11.0 Å². The Morgan fingerprint density at radius 3 is 2.96 bits per heavy atom. The highest BCUT2D eigenvalue weighted by Gasteiger charge is 2.30. The summed E-state index contributed by atoms with van der Waals surface area (Å²) in [5.74, 6) is 1.72. The lowest BCUT2D eigenvalue weighted by molar-refractivity contribution is -0.129. The largest absolute Gasteiger partial charge is 0.365 e. The fourth-order valence-electron chi connectivity index (χ4n) is 4.08. The Bertz CT molecular complexity index is 810. The molecule has 138 valence electrons. The molecule has 2 N–H and O–H groups in total. The molecule has 6 nitrogen and oxygen atoms in total. The van der Waals surface area contributed by atoms with Gasteiger partial charge in [-0.3, -0.25) is 4.79 Å². The number of carbonyl (C=O) groups excluding carboxylic acids is 1. The van der Waals surface area contributed by atoms with Crippen molar-refractivity contribution >= 4 is 22.8 Å². The lowest BCUT2D eigenvalue weighted by Gasteiger charge is -2.39. The van der Waals surface area contributed by atoms with Crippen molar-refractivity contribution in [2.45, 2.75) is 57.5 Å². The molecular formula is C20H27N5O. The van der Waals surface area contributed by atoms with Gasteiger partial charge in [0.1, 0.15) is 17.8 Å². The van der Waals surface area contributed by atoms with Gasteiger partial charge in [-0.05, 0) is 56.1 Å². The number of amides is 1. The lowest BCUT2D eigenvalue weighted by atomic mass is 9.96. The van der Waals surface area contributed by atoms with Crippen LogP contribution in [-0.4, -0.2) is 44.4 Å². The number of aromatic nitrogens is 3. The zero-order chi connectivity index (χ0) is 18.1. The number of nitrogens with zero attached hydrogens (tertiary/aromatic N) is 3. The molecule has 1 aliphatic carbocycles. The number of hydrogen-bond acceptors (Lipinski definition) is 4. The van der Waals surface area contributed by atoms with Crippen LogP contribution in [0.2, 0.25) is 0 Å². The smallest absolute Gasteiger partial charge is 0.246 e. The molecule has 4 rings (SSSR count). The number of likely N-dealkylation sites (tertiary alicyclic amines) is 1. The van der Waals surface area contributed by atoms with Crippen LogP contribution in [0.15, 0.2) is 25.2 Å². The zero-order valence-corrected chi connectivity index (χ0v) is 15.4. The molecular weight excluding hydrogens is 326 g/mol. The van der Waals surface area contributed by atoms with Gasteiger partial charge in [-0.15, -0.1) is 0 Å². The Balaban J connectivity index is 1.55. The SMILES string of the molecule is C=CC(=O)N1CC(Nc2ncnc3[nH]cc(CC4CC4)c23)CCC1CC. The Morgan fingerprint density at radius 2 is 2.23 bits per heavy atom. The molecule has 2 unspecified atom stereocenters. The number of nitrogens with one attached hydrogen (secondary N) is 2. The van der Waals surface area contributed by atoms with Gasteiger partial charge < -0.3 is 15.2 Å². The third-order valence-corrected chi connectivity index (χ3v) is 5.73. The van der Waals surface area contributed by atoms with Crippen LogP contribution >= 0.6 is 0 Å². The molecule has 0 radical (unpaired) electrons. The minimum atomic E-state index is 0.0206. The van der Waals surface area contributed by atoms with Crippen molar-refractivity contribution in [3.63, 3.8) is 0 Å². The molecule has 0 spiro atoms. The Labute approximate surface area is 154 Å². The van der Waals surface area contributed by atoms with Crippen molar-refractivity contribution < 1.29 is 4.79 Å². The molecule has 1 saturated heterocycles. The van der Waals surface area contributed by atoms with Crippen molar-refractivity contribution in [1.29, 1.82) is 0 Å². The summed E-state index contributed by atoms with van der Waals surface area (Å²) in [5, 5.41) is 4.71. The molecule has 0 aromatic carbocycles. The van der Waals surface area contributed by atoms with Gasteiger partial charge in [0.05, 0.1) is 5.39 Å². The van der Waals surface area contributed by atoms with Crippen molar-refractivity contribution in [2.24, 2.45) is 5.92 Å². The van der Waals surface area contributed by atoms with E-state index in [1.54, 1.807) is 6.33 Å². The first-order valence-electron chi connectivity index (χ1n) is 9.70. The Morgan fingerprint density at radius 1 is 1.38 bits per heavy atom. The second-order valence-electron chi connectivity index (χ2n) is 7.58. The van der Waals surface area contributed by atoms with Gasteiger partial charge in [0.2, 0.25) is 5.91 Å². The maximum absolute atomic E-state index is 12.2. The van der Waals surface area contributed by atoms with Crippen LogP contribution in [0, 0.1) is 5.92 Å². The number of H-pyrrole nitrogens is 1. The average molecular weight is 353 g/mol. The minimum Gasteiger partial charge on any atom is -0.365 e.